The molecule has 3 nitrogen and oxygen atoms in total. The van der Waals surface area contributed by atoms with Crippen molar-refractivity contribution in [1.82, 2.24) is 9.97 Å². The Morgan fingerprint density at radius 1 is 1.05 bits per heavy atom. The smallest absolute Gasteiger partial charge is 0.223 e. The van der Waals surface area contributed by atoms with Crippen molar-refractivity contribution in [2.75, 3.05) is 5.32 Å². The summed E-state index contributed by atoms with van der Waals surface area (Å²) in [6.07, 6.45) is 1.69. The van der Waals surface area contributed by atoms with E-state index in [9.17, 15) is 8.78 Å². The molecule has 1 N–H and O–H groups in total. The van der Waals surface area contributed by atoms with Crippen LogP contribution in [0.25, 0.3) is 10.9 Å². The van der Waals surface area contributed by atoms with Crippen LogP contribution in [0.15, 0.2) is 48.7 Å². The van der Waals surface area contributed by atoms with Gasteiger partial charge in [0.05, 0.1) is 5.52 Å². The SMILES string of the molecule is Fc1ccc(F)c(CNc2ncc3ccccc3n2)c1. The lowest BCUT2D eigenvalue weighted by atomic mass is 10.2. The molecule has 3 rings (SSSR count). The van der Waals surface area contributed by atoms with Gasteiger partial charge in [-0.2, -0.15) is 0 Å². The largest absolute Gasteiger partial charge is 0.350 e. The van der Waals surface area contributed by atoms with Crippen LogP contribution < -0.4 is 5.32 Å². The van der Waals surface area contributed by atoms with Crippen LogP contribution >= 0.6 is 0 Å². The standard InChI is InChI=1S/C15H11F2N3/c16-12-5-6-13(17)11(7-12)9-19-15-18-8-10-3-1-2-4-14(10)20-15/h1-8H,9H2,(H,18,19,20). The number of rotatable bonds is 3. The zero-order valence-corrected chi connectivity index (χ0v) is 10.5. The van der Waals surface area contributed by atoms with E-state index in [1.54, 1.807) is 6.20 Å². The molecule has 0 aliphatic heterocycles. The fourth-order valence-corrected chi connectivity index (χ4v) is 1.91. The Balaban J connectivity index is 1.81. The van der Waals surface area contributed by atoms with Gasteiger partial charge >= 0.3 is 0 Å². The molecule has 2 aromatic carbocycles. The third-order valence-corrected chi connectivity index (χ3v) is 2.93. The van der Waals surface area contributed by atoms with E-state index in [0.29, 0.717) is 5.95 Å². The number of hydrogen-bond acceptors (Lipinski definition) is 3. The van der Waals surface area contributed by atoms with Gasteiger partial charge in [-0.15, -0.1) is 0 Å². The van der Waals surface area contributed by atoms with Crippen LogP contribution in [-0.4, -0.2) is 9.97 Å². The number of fused-ring (bicyclic) bond motifs is 1. The van der Waals surface area contributed by atoms with Gasteiger partial charge in [0.25, 0.3) is 0 Å². The van der Waals surface area contributed by atoms with Crippen molar-refractivity contribution in [3.05, 3.63) is 65.9 Å². The molecule has 100 valence electrons. The minimum absolute atomic E-state index is 0.127. The number of hydrogen-bond donors (Lipinski definition) is 1. The first-order chi connectivity index (χ1) is 9.72. The molecule has 1 heterocycles. The zero-order chi connectivity index (χ0) is 13.9. The van der Waals surface area contributed by atoms with Crippen molar-refractivity contribution in [1.29, 1.82) is 0 Å². The summed E-state index contributed by atoms with van der Waals surface area (Å²) in [5.74, 6) is -0.547. The maximum atomic E-state index is 13.5. The number of aromatic nitrogens is 2. The van der Waals surface area contributed by atoms with Crippen LogP contribution in [0, 0.1) is 11.6 Å². The third kappa shape index (κ3) is 2.56. The van der Waals surface area contributed by atoms with Gasteiger partial charge in [0, 0.05) is 23.7 Å². The van der Waals surface area contributed by atoms with E-state index in [0.717, 1.165) is 29.1 Å². The summed E-state index contributed by atoms with van der Waals surface area (Å²) >= 11 is 0. The van der Waals surface area contributed by atoms with Gasteiger partial charge in [-0.05, 0) is 24.3 Å². The fraction of sp³-hybridized carbons (Fsp3) is 0.0667. The van der Waals surface area contributed by atoms with Gasteiger partial charge in [-0.25, -0.2) is 18.7 Å². The van der Waals surface area contributed by atoms with Crippen LogP contribution in [-0.2, 0) is 6.54 Å². The number of para-hydroxylation sites is 1. The molecule has 0 spiro atoms. The molecule has 0 saturated carbocycles. The first-order valence-electron chi connectivity index (χ1n) is 6.12. The average molecular weight is 271 g/mol. The van der Waals surface area contributed by atoms with Crippen LogP contribution in [0.5, 0.6) is 0 Å². The predicted molar refractivity (Wildman–Crippen MR) is 73.2 cm³/mol. The Labute approximate surface area is 114 Å². The molecule has 0 atom stereocenters. The van der Waals surface area contributed by atoms with Crippen molar-refractivity contribution in [2.24, 2.45) is 0 Å². The highest BCUT2D eigenvalue weighted by atomic mass is 19.1. The Bertz CT molecular complexity index is 759. The van der Waals surface area contributed by atoms with E-state index < -0.39 is 11.6 Å². The first kappa shape index (κ1) is 12.5. The van der Waals surface area contributed by atoms with E-state index in [1.807, 2.05) is 24.3 Å². The second-order valence-corrected chi connectivity index (χ2v) is 4.34. The highest BCUT2D eigenvalue weighted by molar-refractivity contribution is 5.78. The van der Waals surface area contributed by atoms with Gasteiger partial charge < -0.3 is 5.32 Å². The lowest BCUT2D eigenvalue weighted by molar-refractivity contribution is 0.587. The lowest BCUT2D eigenvalue weighted by Crippen LogP contribution is -2.05. The molecular formula is C15H11F2N3. The molecule has 0 bridgehead atoms. The molecule has 0 unspecified atom stereocenters. The summed E-state index contributed by atoms with van der Waals surface area (Å²) in [6.45, 7) is 0.127. The van der Waals surface area contributed by atoms with Crippen molar-refractivity contribution < 1.29 is 8.78 Å². The molecule has 1 aromatic heterocycles. The molecule has 5 heteroatoms. The summed E-state index contributed by atoms with van der Waals surface area (Å²) in [5, 5.41) is 3.82. The summed E-state index contributed by atoms with van der Waals surface area (Å²) in [5.41, 5.74) is 1.03. The van der Waals surface area contributed by atoms with E-state index in [1.165, 1.54) is 0 Å². The van der Waals surface area contributed by atoms with Gasteiger partial charge in [0.2, 0.25) is 5.95 Å². The van der Waals surface area contributed by atoms with Crippen LogP contribution in [0.4, 0.5) is 14.7 Å². The highest BCUT2D eigenvalue weighted by Gasteiger charge is 2.05. The summed E-state index contributed by atoms with van der Waals surface area (Å²) in [6, 6.07) is 10.9. The lowest BCUT2D eigenvalue weighted by Gasteiger charge is -2.07. The van der Waals surface area contributed by atoms with Crippen molar-refractivity contribution in [3.63, 3.8) is 0 Å². The Kier molecular flexibility index (Phi) is 3.25. The van der Waals surface area contributed by atoms with Crippen molar-refractivity contribution in [2.45, 2.75) is 6.54 Å². The van der Waals surface area contributed by atoms with E-state index in [4.69, 9.17) is 0 Å². The van der Waals surface area contributed by atoms with Crippen molar-refractivity contribution >= 4 is 16.9 Å². The fourth-order valence-electron chi connectivity index (χ4n) is 1.91. The molecule has 0 amide bonds. The van der Waals surface area contributed by atoms with Crippen LogP contribution in [0.1, 0.15) is 5.56 Å². The normalized spacial score (nSPS) is 10.7. The van der Waals surface area contributed by atoms with Gasteiger partial charge in [-0.3, -0.25) is 0 Å². The molecule has 0 aliphatic rings. The molecule has 0 fully saturated rings. The van der Waals surface area contributed by atoms with E-state index in [-0.39, 0.29) is 12.1 Å². The Morgan fingerprint density at radius 3 is 2.80 bits per heavy atom. The second-order valence-electron chi connectivity index (χ2n) is 4.34. The van der Waals surface area contributed by atoms with Crippen LogP contribution in [0.3, 0.4) is 0 Å². The Hall–Kier alpha value is -2.56. The van der Waals surface area contributed by atoms with Crippen LogP contribution in [0.2, 0.25) is 0 Å². The maximum absolute atomic E-state index is 13.5. The summed E-state index contributed by atoms with van der Waals surface area (Å²) in [7, 11) is 0. The van der Waals surface area contributed by atoms with Gasteiger partial charge in [0.1, 0.15) is 11.6 Å². The number of halogens is 2. The third-order valence-electron chi connectivity index (χ3n) is 2.93. The molecule has 0 radical (unpaired) electrons. The quantitative estimate of drug-likeness (QED) is 0.792. The van der Waals surface area contributed by atoms with Gasteiger partial charge in [0.15, 0.2) is 0 Å². The monoisotopic (exact) mass is 271 g/mol. The predicted octanol–water partition coefficient (Wildman–Crippen LogP) is 3.52. The van der Waals surface area contributed by atoms with Gasteiger partial charge in [-0.1, -0.05) is 18.2 Å². The molecule has 0 saturated heterocycles. The second kappa shape index (κ2) is 5.21. The Morgan fingerprint density at radius 2 is 1.90 bits per heavy atom. The summed E-state index contributed by atoms with van der Waals surface area (Å²) in [4.78, 5) is 8.44. The molecule has 0 aliphatic carbocycles. The zero-order valence-electron chi connectivity index (χ0n) is 10.5. The maximum Gasteiger partial charge on any atom is 0.223 e. The molecule has 20 heavy (non-hydrogen) atoms. The topological polar surface area (TPSA) is 37.8 Å². The number of nitrogens with zero attached hydrogens (tertiary/aromatic N) is 2. The molecule has 3 aromatic rings. The number of benzene rings is 2. The average Bonchev–Trinajstić information content (AvgIpc) is 2.48. The minimum Gasteiger partial charge on any atom is -0.350 e. The number of nitrogens with one attached hydrogen (secondary N) is 1. The van der Waals surface area contributed by atoms with E-state index in [2.05, 4.69) is 15.3 Å². The molecular weight excluding hydrogens is 260 g/mol. The highest BCUT2D eigenvalue weighted by Crippen LogP contribution is 2.14. The first-order valence-corrected chi connectivity index (χ1v) is 6.12. The van der Waals surface area contributed by atoms with E-state index >= 15 is 0 Å². The summed E-state index contributed by atoms with van der Waals surface area (Å²) < 4.78 is 26.5. The number of anilines is 1. The minimum atomic E-state index is -0.470. The van der Waals surface area contributed by atoms with Crippen molar-refractivity contribution in [3.8, 4) is 0 Å².